The zero-order valence-electron chi connectivity index (χ0n) is 8.13. The summed E-state index contributed by atoms with van der Waals surface area (Å²) in [6.45, 7) is 2.37. The van der Waals surface area contributed by atoms with E-state index in [1.54, 1.807) is 0 Å². The molecule has 0 aromatic heterocycles. The third kappa shape index (κ3) is 2.12. The van der Waals surface area contributed by atoms with Crippen molar-refractivity contribution >= 4 is 0 Å². The topological polar surface area (TPSA) is 0 Å². The summed E-state index contributed by atoms with van der Waals surface area (Å²) < 4.78 is 0. The highest BCUT2D eigenvalue weighted by atomic mass is 14.4. The van der Waals surface area contributed by atoms with Gasteiger partial charge in [-0.3, -0.25) is 0 Å². The monoisotopic (exact) mass is 164 g/mol. The maximum absolute atomic E-state index is 2.48. The Morgan fingerprint density at radius 1 is 1.25 bits per heavy atom. The summed E-state index contributed by atoms with van der Waals surface area (Å²) in [5.74, 6) is 3.01. The van der Waals surface area contributed by atoms with Gasteiger partial charge in [0.25, 0.3) is 0 Å². The minimum atomic E-state index is 0.944. The van der Waals surface area contributed by atoms with Gasteiger partial charge in [-0.2, -0.15) is 0 Å². The van der Waals surface area contributed by atoms with Gasteiger partial charge in [0.15, 0.2) is 0 Å². The van der Waals surface area contributed by atoms with Gasteiger partial charge in [-0.25, -0.2) is 0 Å². The molecule has 2 atom stereocenters. The van der Waals surface area contributed by atoms with Crippen LogP contribution in [0.25, 0.3) is 0 Å². The summed E-state index contributed by atoms with van der Waals surface area (Å²) in [6, 6.07) is 0. The third-order valence-corrected chi connectivity index (χ3v) is 3.52. The van der Waals surface area contributed by atoms with Crippen LogP contribution < -0.4 is 0 Å². The maximum Gasteiger partial charge on any atom is -0.0234 e. The van der Waals surface area contributed by atoms with Crippen molar-refractivity contribution in [1.29, 1.82) is 0 Å². The van der Waals surface area contributed by atoms with Crippen molar-refractivity contribution in [2.75, 3.05) is 0 Å². The fraction of sp³-hybridized carbons (Fsp3) is 0.833. The lowest BCUT2D eigenvalue weighted by molar-refractivity contribution is 0.676. The molecule has 0 heterocycles. The molecule has 2 aliphatic rings. The molecular formula is C12H20. The van der Waals surface area contributed by atoms with Gasteiger partial charge in [0.2, 0.25) is 0 Å². The molecule has 0 bridgehead atoms. The minimum absolute atomic E-state index is 0.944. The highest BCUT2D eigenvalue weighted by Gasteiger charge is 2.30. The summed E-state index contributed by atoms with van der Waals surface area (Å²) in [5, 5.41) is 0. The minimum Gasteiger partial charge on any atom is -0.0880 e. The van der Waals surface area contributed by atoms with Crippen LogP contribution >= 0.6 is 0 Å². The van der Waals surface area contributed by atoms with Gasteiger partial charge in [0, 0.05) is 0 Å². The molecule has 0 aromatic rings. The molecule has 2 unspecified atom stereocenters. The fourth-order valence-corrected chi connectivity index (χ4v) is 2.32. The smallest absolute Gasteiger partial charge is 0.0234 e. The highest BCUT2D eigenvalue weighted by molar-refractivity contribution is 4.95. The Morgan fingerprint density at radius 3 is 2.50 bits per heavy atom. The predicted molar refractivity (Wildman–Crippen MR) is 53.0 cm³/mol. The van der Waals surface area contributed by atoms with E-state index in [0.717, 1.165) is 17.8 Å². The Balaban J connectivity index is 1.64. The second kappa shape index (κ2) is 3.64. The predicted octanol–water partition coefficient (Wildman–Crippen LogP) is 3.78. The van der Waals surface area contributed by atoms with Crippen LogP contribution in [0.4, 0.5) is 0 Å². The second-order valence-corrected chi connectivity index (χ2v) is 4.68. The summed E-state index contributed by atoms with van der Waals surface area (Å²) in [4.78, 5) is 0. The van der Waals surface area contributed by atoms with Crippen molar-refractivity contribution in [1.82, 2.24) is 0 Å². The van der Waals surface area contributed by atoms with Crippen LogP contribution in [0.3, 0.4) is 0 Å². The molecule has 0 amide bonds. The van der Waals surface area contributed by atoms with Gasteiger partial charge in [0.1, 0.15) is 0 Å². The zero-order valence-corrected chi connectivity index (χ0v) is 8.13. The van der Waals surface area contributed by atoms with Crippen molar-refractivity contribution < 1.29 is 0 Å². The van der Waals surface area contributed by atoms with Crippen LogP contribution in [-0.4, -0.2) is 0 Å². The molecule has 2 aliphatic carbocycles. The molecule has 12 heavy (non-hydrogen) atoms. The Morgan fingerprint density at radius 2 is 1.92 bits per heavy atom. The van der Waals surface area contributed by atoms with E-state index >= 15 is 0 Å². The van der Waals surface area contributed by atoms with Crippen LogP contribution in [0, 0.1) is 17.8 Å². The summed E-state index contributed by atoms with van der Waals surface area (Å²) in [6.07, 6.45) is 13.6. The first-order valence-corrected chi connectivity index (χ1v) is 5.53. The Bertz CT molecular complexity index is 163. The maximum atomic E-state index is 2.48. The fourth-order valence-electron chi connectivity index (χ4n) is 2.32. The van der Waals surface area contributed by atoms with Crippen LogP contribution in [0.15, 0.2) is 12.2 Å². The lowest BCUT2D eigenvalue weighted by Gasteiger charge is -1.99. The molecule has 68 valence electrons. The van der Waals surface area contributed by atoms with E-state index in [0.29, 0.717) is 0 Å². The van der Waals surface area contributed by atoms with Crippen molar-refractivity contribution in [3.63, 3.8) is 0 Å². The van der Waals surface area contributed by atoms with Gasteiger partial charge in [0.05, 0.1) is 0 Å². The van der Waals surface area contributed by atoms with E-state index in [4.69, 9.17) is 0 Å². The van der Waals surface area contributed by atoms with Crippen molar-refractivity contribution in [2.24, 2.45) is 17.8 Å². The standard InChI is InChI=1S/C12H20/c1-10-9-12(10)8-4-7-11-5-2-3-6-11/h4,7,10-12H,2-3,5-6,8-9H2,1H3. The molecule has 0 heteroatoms. The molecule has 2 saturated carbocycles. The molecule has 0 aromatic carbocycles. The van der Waals surface area contributed by atoms with Crippen LogP contribution in [0.5, 0.6) is 0 Å². The van der Waals surface area contributed by atoms with E-state index in [1.807, 2.05) is 0 Å². The first-order chi connectivity index (χ1) is 5.86. The molecule has 0 nitrogen and oxygen atoms in total. The average molecular weight is 164 g/mol. The Hall–Kier alpha value is -0.260. The summed E-state index contributed by atoms with van der Waals surface area (Å²) >= 11 is 0. The van der Waals surface area contributed by atoms with Crippen LogP contribution in [0.2, 0.25) is 0 Å². The molecule has 0 saturated heterocycles. The molecule has 0 radical (unpaired) electrons. The molecule has 2 fully saturated rings. The zero-order chi connectivity index (χ0) is 8.39. The second-order valence-electron chi connectivity index (χ2n) is 4.68. The van der Waals surface area contributed by atoms with E-state index in [2.05, 4.69) is 19.1 Å². The van der Waals surface area contributed by atoms with Crippen molar-refractivity contribution in [2.45, 2.75) is 45.4 Å². The van der Waals surface area contributed by atoms with E-state index in [1.165, 1.54) is 38.5 Å². The molecule has 0 aliphatic heterocycles. The summed E-state index contributed by atoms with van der Waals surface area (Å²) in [7, 11) is 0. The van der Waals surface area contributed by atoms with E-state index in [-0.39, 0.29) is 0 Å². The molecule has 0 spiro atoms. The van der Waals surface area contributed by atoms with E-state index in [9.17, 15) is 0 Å². The quantitative estimate of drug-likeness (QED) is 0.557. The van der Waals surface area contributed by atoms with Crippen LogP contribution in [-0.2, 0) is 0 Å². The van der Waals surface area contributed by atoms with Gasteiger partial charge in [-0.1, -0.05) is 31.9 Å². The molecule has 2 rings (SSSR count). The van der Waals surface area contributed by atoms with Gasteiger partial charge in [-0.05, 0) is 43.4 Å². The van der Waals surface area contributed by atoms with Crippen LogP contribution in [0.1, 0.15) is 45.4 Å². The lowest BCUT2D eigenvalue weighted by atomic mass is 10.1. The van der Waals surface area contributed by atoms with E-state index < -0.39 is 0 Å². The number of rotatable bonds is 3. The van der Waals surface area contributed by atoms with Crippen molar-refractivity contribution in [3.8, 4) is 0 Å². The normalized spacial score (nSPS) is 36.4. The SMILES string of the molecule is CC1CC1CC=CC1CCCC1. The Labute approximate surface area is 76.1 Å². The van der Waals surface area contributed by atoms with Gasteiger partial charge >= 0.3 is 0 Å². The number of hydrogen-bond acceptors (Lipinski definition) is 0. The summed E-state index contributed by atoms with van der Waals surface area (Å²) in [5.41, 5.74) is 0. The Kier molecular flexibility index (Phi) is 2.53. The molecule has 0 N–H and O–H groups in total. The first kappa shape index (κ1) is 8.34. The first-order valence-electron chi connectivity index (χ1n) is 5.53. The average Bonchev–Trinajstić information content (AvgIpc) is 2.58. The largest absolute Gasteiger partial charge is 0.0880 e. The lowest BCUT2D eigenvalue weighted by Crippen LogP contribution is -1.85. The number of hydrogen-bond donors (Lipinski definition) is 0. The van der Waals surface area contributed by atoms with Gasteiger partial charge in [-0.15, -0.1) is 0 Å². The van der Waals surface area contributed by atoms with Gasteiger partial charge < -0.3 is 0 Å². The number of allylic oxidation sites excluding steroid dienone is 2. The van der Waals surface area contributed by atoms with Crippen molar-refractivity contribution in [3.05, 3.63) is 12.2 Å². The highest BCUT2D eigenvalue weighted by Crippen LogP contribution is 2.40. The molecular weight excluding hydrogens is 144 g/mol. The third-order valence-electron chi connectivity index (χ3n) is 3.52.